The van der Waals surface area contributed by atoms with Crippen LogP contribution in [-0.4, -0.2) is 23.0 Å². The highest BCUT2D eigenvalue weighted by molar-refractivity contribution is 7.99. The van der Waals surface area contributed by atoms with Crippen molar-refractivity contribution in [3.63, 3.8) is 0 Å². The monoisotopic (exact) mass is 293 g/mol. The third-order valence-electron chi connectivity index (χ3n) is 4.19. The van der Waals surface area contributed by atoms with E-state index < -0.39 is 0 Å². The van der Waals surface area contributed by atoms with Crippen molar-refractivity contribution in [2.45, 2.75) is 63.2 Å². The molecule has 0 aromatic heterocycles. The molecule has 2 nitrogen and oxygen atoms in total. The zero-order chi connectivity index (χ0) is 15.0. The molecular formula is C17H27NOS. The van der Waals surface area contributed by atoms with Crippen molar-refractivity contribution < 1.29 is 4.74 Å². The van der Waals surface area contributed by atoms with E-state index >= 15 is 0 Å². The lowest BCUT2D eigenvalue weighted by molar-refractivity contribution is -0.0759. The summed E-state index contributed by atoms with van der Waals surface area (Å²) in [7, 11) is 0. The van der Waals surface area contributed by atoms with Crippen LogP contribution in [0.1, 0.15) is 39.7 Å². The molecule has 2 atom stereocenters. The first-order valence-electron chi connectivity index (χ1n) is 7.35. The molecule has 0 aliphatic carbocycles. The lowest BCUT2D eigenvalue weighted by atomic mass is 9.83. The van der Waals surface area contributed by atoms with E-state index in [0.29, 0.717) is 5.92 Å². The van der Waals surface area contributed by atoms with Crippen molar-refractivity contribution in [1.82, 2.24) is 0 Å². The van der Waals surface area contributed by atoms with Crippen LogP contribution >= 0.6 is 11.8 Å². The van der Waals surface area contributed by atoms with E-state index in [4.69, 9.17) is 10.5 Å². The molecule has 1 heterocycles. The number of hydrogen-bond donors (Lipinski definition) is 1. The Balaban J connectivity index is 1.99. The van der Waals surface area contributed by atoms with Gasteiger partial charge in [-0.3, -0.25) is 0 Å². The van der Waals surface area contributed by atoms with Gasteiger partial charge in [0.15, 0.2) is 0 Å². The number of rotatable bonds is 4. The molecule has 1 aliphatic rings. The van der Waals surface area contributed by atoms with Crippen LogP contribution in [-0.2, 0) is 4.74 Å². The third-order valence-corrected chi connectivity index (χ3v) is 5.51. The molecule has 0 saturated carbocycles. The minimum Gasteiger partial charge on any atom is -0.369 e. The van der Waals surface area contributed by atoms with Gasteiger partial charge in [-0.05, 0) is 52.7 Å². The predicted molar refractivity (Wildman–Crippen MR) is 87.2 cm³/mol. The Morgan fingerprint density at radius 3 is 2.50 bits per heavy atom. The molecule has 2 N–H and O–H groups in total. The van der Waals surface area contributed by atoms with Crippen LogP contribution in [0.25, 0.3) is 0 Å². The number of aryl methyl sites for hydroxylation is 1. The smallest absolute Gasteiger partial charge is 0.0677 e. The van der Waals surface area contributed by atoms with Gasteiger partial charge >= 0.3 is 0 Å². The van der Waals surface area contributed by atoms with E-state index in [2.05, 4.69) is 58.9 Å². The molecule has 3 heteroatoms. The van der Waals surface area contributed by atoms with Crippen molar-refractivity contribution in [1.29, 1.82) is 0 Å². The summed E-state index contributed by atoms with van der Waals surface area (Å²) in [5.41, 5.74) is 7.61. The molecule has 1 fully saturated rings. The number of benzene rings is 1. The van der Waals surface area contributed by atoms with Crippen molar-refractivity contribution in [3.8, 4) is 0 Å². The molecule has 0 amide bonds. The van der Waals surface area contributed by atoms with Gasteiger partial charge in [0.05, 0.1) is 11.2 Å². The molecule has 2 unspecified atom stereocenters. The predicted octanol–water partition coefficient (Wildman–Crippen LogP) is 4.01. The van der Waals surface area contributed by atoms with Crippen LogP contribution in [0.4, 0.5) is 0 Å². The topological polar surface area (TPSA) is 35.2 Å². The second kappa shape index (κ2) is 5.70. The Morgan fingerprint density at radius 1 is 1.30 bits per heavy atom. The van der Waals surface area contributed by atoms with Gasteiger partial charge < -0.3 is 10.5 Å². The average Bonchev–Trinajstić information content (AvgIpc) is 2.56. The molecular weight excluding hydrogens is 266 g/mol. The standard InChI is InChI=1S/C17H27NOS/c1-12-8-6-7-9-15(12)20-11-14(18)13-10-16(2,3)19-17(13,4)5/h6-9,13-14H,10-11,18H2,1-5H3. The fourth-order valence-corrected chi connectivity index (χ4v) is 4.37. The Morgan fingerprint density at radius 2 is 1.95 bits per heavy atom. The van der Waals surface area contributed by atoms with Crippen LogP contribution in [0.2, 0.25) is 0 Å². The minimum absolute atomic E-state index is 0.0564. The maximum Gasteiger partial charge on any atom is 0.0677 e. The van der Waals surface area contributed by atoms with Gasteiger partial charge in [0.25, 0.3) is 0 Å². The first kappa shape index (κ1) is 15.9. The first-order chi connectivity index (χ1) is 9.21. The highest BCUT2D eigenvalue weighted by atomic mass is 32.2. The van der Waals surface area contributed by atoms with Gasteiger partial charge in [0.2, 0.25) is 0 Å². The quantitative estimate of drug-likeness (QED) is 0.852. The van der Waals surface area contributed by atoms with E-state index in [9.17, 15) is 0 Å². The zero-order valence-electron chi connectivity index (χ0n) is 13.3. The second-order valence-electron chi connectivity index (χ2n) is 7.02. The lowest BCUT2D eigenvalue weighted by Gasteiger charge is -2.31. The average molecular weight is 293 g/mol. The SMILES string of the molecule is Cc1ccccc1SCC(N)C1CC(C)(C)OC1(C)C. The number of thioether (sulfide) groups is 1. The Bertz CT molecular complexity index is 470. The van der Waals surface area contributed by atoms with Gasteiger partial charge in [0, 0.05) is 22.6 Å². The summed E-state index contributed by atoms with van der Waals surface area (Å²) < 4.78 is 6.16. The Hall–Kier alpha value is -0.510. The van der Waals surface area contributed by atoms with E-state index in [0.717, 1.165) is 12.2 Å². The Labute approximate surface area is 127 Å². The number of ether oxygens (including phenoxy) is 1. The molecule has 0 radical (unpaired) electrons. The van der Waals surface area contributed by atoms with E-state index in [1.54, 1.807) is 0 Å². The fraction of sp³-hybridized carbons (Fsp3) is 0.647. The van der Waals surface area contributed by atoms with Crippen molar-refractivity contribution in [3.05, 3.63) is 29.8 Å². The molecule has 1 aliphatic heterocycles. The summed E-state index contributed by atoms with van der Waals surface area (Å²) in [6, 6.07) is 8.66. The minimum atomic E-state index is -0.130. The molecule has 1 aromatic rings. The van der Waals surface area contributed by atoms with Crippen molar-refractivity contribution in [2.75, 3.05) is 5.75 Å². The third kappa shape index (κ3) is 3.57. The molecule has 1 saturated heterocycles. The lowest BCUT2D eigenvalue weighted by Crippen LogP contribution is -2.42. The maximum absolute atomic E-state index is 6.47. The summed E-state index contributed by atoms with van der Waals surface area (Å²) in [4.78, 5) is 1.33. The molecule has 112 valence electrons. The normalized spacial score (nSPS) is 25.6. The second-order valence-corrected chi connectivity index (χ2v) is 8.08. The van der Waals surface area contributed by atoms with Gasteiger partial charge in [-0.25, -0.2) is 0 Å². The van der Waals surface area contributed by atoms with Crippen LogP contribution in [0.5, 0.6) is 0 Å². The van der Waals surface area contributed by atoms with Crippen LogP contribution in [0, 0.1) is 12.8 Å². The Kier molecular flexibility index (Phi) is 4.53. The molecule has 1 aromatic carbocycles. The number of hydrogen-bond acceptors (Lipinski definition) is 3. The van der Waals surface area contributed by atoms with Gasteiger partial charge in [0.1, 0.15) is 0 Å². The van der Waals surface area contributed by atoms with Crippen LogP contribution in [0.15, 0.2) is 29.2 Å². The van der Waals surface area contributed by atoms with E-state index in [-0.39, 0.29) is 17.2 Å². The highest BCUT2D eigenvalue weighted by Crippen LogP contribution is 2.43. The summed E-state index contributed by atoms with van der Waals surface area (Å²) in [5, 5.41) is 0. The zero-order valence-corrected chi connectivity index (χ0v) is 14.1. The van der Waals surface area contributed by atoms with Gasteiger partial charge in [-0.2, -0.15) is 0 Å². The van der Waals surface area contributed by atoms with Crippen LogP contribution in [0.3, 0.4) is 0 Å². The summed E-state index contributed by atoms with van der Waals surface area (Å²) in [5.74, 6) is 1.35. The molecule has 0 bridgehead atoms. The maximum atomic E-state index is 6.47. The van der Waals surface area contributed by atoms with Crippen molar-refractivity contribution in [2.24, 2.45) is 11.7 Å². The summed E-state index contributed by atoms with van der Waals surface area (Å²) in [6.07, 6.45) is 1.04. The highest BCUT2D eigenvalue weighted by Gasteiger charge is 2.48. The summed E-state index contributed by atoms with van der Waals surface area (Å²) in [6.45, 7) is 10.8. The van der Waals surface area contributed by atoms with Gasteiger partial charge in [-0.1, -0.05) is 18.2 Å². The van der Waals surface area contributed by atoms with Crippen LogP contribution < -0.4 is 5.73 Å². The largest absolute Gasteiger partial charge is 0.369 e. The van der Waals surface area contributed by atoms with Crippen molar-refractivity contribution >= 4 is 11.8 Å². The number of nitrogens with two attached hydrogens (primary N) is 1. The fourth-order valence-electron chi connectivity index (χ4n) is 3.29. The van der Waals surface area contributed by atoms with Gasteiger partial charge in [-0.15, -0.1) is 11.8 Å². The molecule has 0 spiro atoms. The summed E-state index contributed by atoms with van der Waals surface area (Å²) >= 11 is 1.86. The molecule has 20 heavy (non-hydrogen) atoms. The molecule has 2 rings (SSSR count). The van der Waals surface area contributed by atoms with E-state index in [1.807, 2.05) is 11.8 Å². The van der Waals surface area contributed by atoms with E-state index in [1.165, 1.54) is 10.5 Å². The first-order valence-corrected chi connectivity index (χ1v) is 8.34.